The van der Waals surface area contributed by atoms with Crippen molar-refractivity contribution >= 4 is 76.5 Å². The van der Waals surface area contributed by atoms with Crippen LogP contribution in [0.1, 0.15) is 80.1 Å². The minimum atomic E-state index is -2.74. The second-order valence-electron chi connectivity index (χ2n) is 15.0. The van der Waals surface area contributed by atoms with Gasteiger partial charge in [-0.1, -0.05) is 195 Å². The summed E-state index contributed by atoms with van der Waals surface area (Å²) < 4.78 is 3.20. The molecule has 47 heavy (non-hydrogen) atoms. The van der Waals surface area contributed by atoms with Gasteiger partial charge in [-0.05, 0) is 49.8 Å². The van der Waals surface area contributed by atoms with Crippen LogP contribution < -0.4 is 20.7 Å². The van der Waals surface area contributed by atoms with Gasteiger partial charge < -0.3 is 4.23 Å². The molecule has 7 heteroatoms. The van der Waals surface area contributed by atoms with Gasteiger partial charge in [0.15, 0.2) is 16.5 Å². The maximum absolute atomic E-state index is 6.16. The van der Waals surface area contributed by atoms with Crippen LogP contribution in [-0.2, 0) is 0 Å². The van der Waals surface area contributed by atoms with E-state index in [2.05, 4.69) is 167 Å². The van der Waals surface area contributed by atoms with Crippen molar-refractivity contribution in [3.8, 4) is 0 Å². The number of benzene rings is 4. The Bertz CT molecular complexity index is 1300. The summed E-state index contributed by atoms with van der Waals surface area (Å²) in [6.45, 7) is 16.1. The van der Waals surface area contributed by atoms with E-state index in [0.717, 1.165) is 31.9 Å². The first-order chi connectivity index (χ1) is 22.3. The topological polar surface area (TPSA) is 3.24 Å². The van der Waals surface area contributed by atoms with Crippen molar-refractivity contribution in [3.05, 3.63) is 121 Å². The molecule has 0 unspecified atom stereocenters. The third kappa shape index (κ3) is 8.57. The Kier molecular flexibility index (Phi) is 13.3. The lowest BCUT2D eigenvalue weighted by molar-refractivity contribution is 0.496. The first kappa shape index (κ1) is 38.2. The van der Waals surface area contributed by atoms with Crippen molar-refractivity contribution in [1.29, 1.82) is 0 Å². The number of unbranched alkanes of at least 4 members (excludes halogenated alkanes) is 5. The number of rotatable bonds is 15. The molecule has 4 rings (SSSR count). The zero-order valence-electron chi connectivity index (χ0n) is 29.3. The van der Waals surface area contributed by atoms with Crippen LogP contribution in [0.15, 0.2) is 121 Å². The zero-order valence-corrected chi connectivity index (χ0v) is 34.6. The van der Waals surface area contributed by atoms with E-state index in [1.807, 2.05) is 0 Å². The molecule has 0 aliphatic heterocycles. The van der Waals surface area contributed by atoms with Crippen molar-refractivity contribution in [2.45, 2.75) is 96.2 Å². The molecule has 0 bridgehead atoms. The Morgan fingerprint density at radius 2 is 0.702 bits per heavy atom. The fourth-order valence-corrected chi connectivity index (χ4v) is 26.2. The van der Waals surface area contributed by atoms with Crippen molar-refractivity contribution in [1.82, 2.24) is 4.23 Å². The zero-order chi connectivity index (χ0) is 34.2. The molecular formula is C40H54Cl3NSi3. The second kappa shape index (κ2) is 16.4. The van der Waals surface area contributed by atoms with Gasteiger partial charge >= 0.3 is 6.00 Å². The minimum absolute atomic E-state index is 0.0240. The van der Waals surface area contributed by atoms with E-state index in [1.165, 1.54) is 40.0 Å². The molecule has 0 saturated heterocycles. The van der Waals surface area contributed by atoms with Gasteiger partial charge in [0.2, 0.25) is 0 Å². The molecule has 0 aliphatic rings. The summed E-state index contributed by atoms with van der Waals surface area (Å²) in [5, 5.41) is 5.91. The lowest BCUT2D eigenvalue weighted by Crippen LogP contribution is -2.88. The molecule has 252 valence electrons. The largest absolute Gasteiger partial charge is 0.341 e. The lowest BCUT2D eigenvalue weighted by Gasteiger charge is -2.62. The Morgan fingerprint density at radius 1 is 0.426 bits per heavy atom. The highest BCUT2D eigenvalue weighted by atomic mass is 35.8. The Labute approximate surface area is 303 Å². The monoisotopic (exact) mass is 737 g/mol. The average Bonchev–Trinajstić information content (AvgIpc) is 3.03. The normalized spacial score (nSPS) is 13.2. The van der Waals surface area contributed by atoms with Crippen molar-refractivity contribution in [2.75, 3.05) is 6.54 Å². The van der Waals surface area contributed by atoms with Gasteiger partial charge in [0.05, 0.1) is 0 Å². The highest BCUT2D eigenvalue weighted by Crippen LogP contribution is 2.47. The van der Waals surface area contributed by atoms with Gasteiger partial charge in [0.1, 0.15) is 0 Å². The number of nitrogens with zero attached hydrogens (tertiary/aromatic N) is 1. The van der Waals surface area contributed by atoms with Crippen molar-refractivity contribution < 1.29 is 0 Å². The molecule has 1 nitrogen and oxygen atoms in total. The third-order valence-corrected chi connectivity index (χ3v) is 25.6. The number of halogens is 3. The number of hydrogen-bond donors (Lipinski definition) is 0. The summed E-state index contributed by atoms with van der Waals surface area (Å²) in [7, 11) is -5.47. The molecule has 0 aliphatic carbocycles. The Morgan fingerprint density at radius 3 is 0.979 bits per heavy atom. The van der Waals surface area contributed by atoms with Crippen molar-refractivity contribution in [3.63, 3.8) is 0 Å². The fourth-order valence-electron chi connectivity index (χ4n) is 8.11. The molecule has 0 fully saturated rings. The van der Waals surface area contributed by atoms with Gasteiger partial charge in [-0.25, -0.2) is 0 Å². The Balaban J connectivity index is 1.98. The quantitative estimate of drug-likeness (QED) is 0.0667. The van der Waals surface area contributed by atoms with E-state index in [4.69, 9.17) is 33.2 Å². The molecule has 0 aromatic heterocycles. The molecular weight excluding hydrogens is 685 g/mol. The van der Waals surface area contributed by atoms with Crippen LogP contribution in [0.3, 0.4) is 0 Å². The molecule has 0 radical (unpaired) electrons. The summed E-state index contributed by atoms with van der Waals surface area (Å²) in [4.78, 5) is 0. The summed E-state index contributed by atoms with van der Waals surface area (Å²) in [6.07, 6.45) is 6.88. The predicted octanol–water partition coefficient (Wildman–Crippen LogP) is 10.4. The minimum Gasteiger partial charge on any atom is -0.330 e. The summed E-state index contributed by atoms with van der Waals surface area (Å²) in [5.41, 5.74) is 0. The Hall–Kier alpha value is -1.64. The summed E-state index contributed by atoms with van der Waals surface area (Å²) in [5.74, 6) is 0. The molecule has 0 heterocycles. The van der Waals surface area contributed by atoms with E-state index in [-0.39, 0.29) is 10.1 Å². The highest BCUT2D eigenvalue weighted by Gasteiger charge is 2.63. The van der Waals surface area contributed by atoms with Crippen LogP contribution >= 0.6 is 33.2 Å². The molecule has 0 spiro atoms. The van der Waals surface area contributed by atoms with E-state index in [9.17, 15) is 0 Å². The molecule has 0 amide bonds. The van der Waals surface area contributed by atoms with Gasteiger partial charge in [0.25, 0.3) is 0 Å². The molecule has 0 atom stereocenters. The summed E-state index contributed by atoms with van der Waals surface area (Å²) in [6, 6.07) is 44.5. The predicted molar refractivity (Wildman–Crippen MR) is 218 cm³/mol. The summed E-state index contributed by atoms with van der Waals surface area (Å²) >= 11 is 18.5. The van der Waals surface area contributed by atoms with Gasteiger partial charge in [0, 0.05) is 0 Å². The van der Waals surface area contributed by atoms with Gasteiger partial charge in [-0.2, -0.15) is 0 Å². The molecule has 4 aromatic rings. The van der Waals surface area contributed by atoms with Crippen LogP contribution in [0, 0.1) is 0 Å². The van der Waals surface area contributed by atoms with Crippen LogP contribution in [0.25, 0.3) is 0 Å². The van der Waals surface area contributed by atoms with E-state index in [1.54, 1.807) is 0 Å². The first-order valence-corrected chi connectivity index (χ1v) is 26.5. The first-order valence-electron chi connectivity index (χ1n) is 17.3. The van der Waals surface area contributed by atoms with E-state index in [0.29, 0.717) is 0 Å². The van der Waals surface area contributed by atoms with Gasteiger partial charge in [-0.3, -0.25) is 0 Å². The smallest absolute Gasteiger partial charge is 0.330 e. The average molecular weight is 739 g/mol. The molecule has 4 aromatic carbocycles. The maximum atomic E-state index is 6.16. The fraction of sp³-hybridized carbons (Fsp3) is 0.400. The van der Waals surface area contributed by atoms with Crippen LogP contribution in [-0.4, -0.2) is 33.2 Å². The second-order valence-corrected chi connectivity index (χ2v) is 34.0. The van der Waals surface area contributed by atoms with Crippen LogP contribution in [0.2, 0.25) is 16.1 Å². The standard InChI is InChI=1S/C40H54Cl3NSi3/c1-39(2,3)46(35-25-15-11-16-26-35,36-27-17-12-18-28-36)44(33-23-9-7-8-10-24-34-45(41,42)43)47(40(4,5)6,37-29-19-13-20-30-37)38-31-21-14-22-32-38/h11-22,25-32H,7-10,23-24,33-34H2,1-6H3. The van der Waals surface area contributed by atoms with E-state index >= 15 is 0 Å². The highest BCUT2D eigenvalue weighted by molar-refractivity contribution is 7.64. The lowest BCUT2D eigenvalue weighted by atomic mass is 10.1. The molecule has 0 N–H and O–H groups in total. The van der Waals surface area contributed by atoms with Crippen molar-refractivity contribution in [2.24, 2.45) is 0 Å². The number of hydrogen-bond acceptors (Lipinski definition) is 1. The van der Waals surface area contributed by atoms with Gasteiger partial charge in [-0.15, -0.1) is 33.2 Å². The SMILES string of the molecule is CC(C)(C)[Si](c1ccccc1)(c1ccccc1)N(CCCCCCCC[Si](Cl)(Cl)Cl)[Si](c1ccccc1)(c1ccccc1)C(C)(C)C. The van der Waals surface area contributed by atoms with E-state index < -0.39 is 22.5 Å². The third-order valence-electron chi connectivity index (χ3n) is 9.84. The molecule has 0 saturated carbocycles. The van der Waals surface area contributed by atoms with Crippen LogP contribution in [0.4, 0.5) is 0 Å². The van der Waals surface area contributed by atoms with Crippen LogP contribution in [0.5, 0.6) is 0 Å². The maximum Gasteiger partial charge on any atom is 0.341 e.